The summed E-state index contributed by atoms with van der Waals surface area (Å²) in [6.07, 6.45) is -0.199. The van der Waals surface area contributed by atoms with Crippen molar-refractivity contribution in [1.29, 1.82) is 0 Å². The van der Waals surface area contributed by atoms with E-state index in [1.807, 2.05) is 4.90 Å². The molecule has 13 nitrogen and oxygen atoms in total. The number of likely N-dealkylation sites (N-methyl/N-ethyl adjacent to an activating group) is 1. The smallest absolute Gasteiger partial charge is 0.259 e. The zero-order valence-corrected chi connectivity index (χ0v) is 23.9. The Bertz CT molecular complexity index is 1380. The zero-order chi connectivity index (χ0) is 30.7. The highest BCUT2D eigenvalue weighted by molar-refractivity contribution is 6.25. The van der Waals surface area contributed by atoms with E-state index in [4.69, 9.17) is 5.11 Å². The van der Waals surface area contributed by atoms with E-state index in [-0.39, 0.29) is 36.6 Å². The summed E-state index contributed by atoms with van der Waals surface area (Å²) in [5.41, 5.74) is -5.68. The van der Waals surface area contributed by atoms with E-state index < -0.39 is 69.2 Å². The molecule has 1 amide bonds. The Labute approximate surface area is 243 Å². The highest BCUT2D eigenvalue weighted by Crippen LogP contribution is 2.57. The lowest BCUT2D eigenvalue weighted by molar-refractivity contribution is -0.159. The number of Topliss-reactive ketones (excluding diaryl/α,β-unsaturated/α-hetero) is 2. The Morgan fingerprint density at radius 2 is 1.71 bits per heavy atom. The largest absolute Gasteiger partial charge is 0.508 e. The first-order chi connectivity index (χ1) is 19.8. The maximum absolute atomic E-state index is 14.1. The van der Waals surface area contributed by atoms with Crippen LogP contribution in [-0.2, 0) is 20.0 Å². The first kappa shape index (κ1) is 30.1. The summed E-state index contributed by atoms with van der Waals surface area (Å²) < 4.78 is 0. The fourth-order valence-electron chi connectivity index (χ4n) is 7.07. The lowest BCUT2D eigenvalue weighted by Gasteiger charge is -2.53. The van der Waals surface area contributed by atoms with Crippen molar-refractivity contribution < 1.29 is 45.0 Å². The Morgan fingerprint density at radius 1 is 1.07 bits per heavy atom. The number of aliphatic hydroxyl groups is 5. The lowest BCUT2D eigenvalue weighted by atomic mass is 9.54. The number of hydrogen-bond acceptors (Lipinski definition) is 12. The number of benzene rings is 1. The second-order valence-corrected chi connectivity index (χ2v) is 11.9. The topological polar surface area (TPSA) is 194 Å². The Hall–Kier alpha value is -3.33. The molecule has 7 N–H and O–H groups in total. The zero-order valence-electron chi connectivity index (χ0n) is 23.9. The van der Waals surface area contributed by atoms with Crippen molar-refractivity contribution in [3.63, 3.8) is 0 Å². The number of phenols is 1. The number of nitrogens with one attached hydrogen (secondary N) is 1. The van der Waals surface area contributed by atoms with Gasteiger partial charge in [0, 0.05) is 50.1 Å². The summed E-state index contributed by atoms with van der Waals surface area (Å²) in [5.74, 6) is -7.39. The van der Waals surface area contributed by atoms with E-state index in [1.54, 1.807) is 14.1 Å². The van der Waals surface area contributed by atoms with Gasteiger partial charge >= 0.3 is 0 Å². The molecule has 1 unspecified atom stereocenters. The number of carbonyl (C=O) groups excluding carboxylic acids is 3. The lowest BCUT2D eigenvalue weighted by Crippen LogP contribution is -2.67. The van der Waals surface area contributed by atoms with E-state index in [1.165, 1.54) is 30.0 Å². The highest BCUT2D eigenvalue weighted by atomic mass is 16.3. The van der Waals surface area contributed by atoms with Crippen molar-refractivity contribution in [3.05, 3.63) is 46.2 Å². The maximum Gasteiger partial charge on any atom is 0.259 e. The quantitative estimate of drug-likeness (QED) is 0.198. The minimum Gasteiger partial charge on any atom is -0.508 e. The van der Waals surface area contributed by atoms with E-state index in [2.05, 4.69) is 10.2 Å². The summed E-state index contributed by atoms with van der Waals surface area (Å²) in [4.78, 5) is 46.7. The van der Waals surface area contributed by atoms with Gasteiger partial charge in [-0.2, -0.15) is 0 Å². The molecule has 5 rings (SSSR count). The molecule has 0 aromatic heterocycles. The van der Waals surface area contributed by atoms with Gasteiger partial charge in [0.15, 0.2) is 11.4 Å². The van der Waals surface area contributed by atoms with Crippen LogP contribution in [0.5, 0.6) is 5.75 Å². The van der Waals surface area contributed by atoms with Crippen LogP contribution in [-0.4, -0.2) is 135 Å². The molecule has 1 aliphatic heterocycles. The third kappa shape index (κ3) is 4.43. The standard InChI is InChI=1S/C29H38N4O9/c1-28(41)15-5-4-6-18(35)19(15)23(36)20-16(28)13-17-22(31(2)3)24(37)21(26(39)29(17,42)25(20)38)27(40)30-14-33-9-7-32(8-10-33)11-12-34/h4-6,16-17,22,34-36,39,41-42H,7-14H2,1-3H3,(H,30,40)/t16?,17-,22-,28+,29-/m0/s1. The number of rotatable bonds is 6. The van der Waals surface area contributed by atoms with Crippen LogP contribution in [0.15, 0.2) is 35.1 Å². The molecule has 1 aromatic rings. The van der Waals surface area contributed by atoms with Gasteiger partial charge in [-0.05, 0) is 39.1 Å². The van der Waals surface area contributed by atoms with Crippen molar-refractivity contribution in [2.45, 2.75) is 30.6 Å². The van der Waals surface area contributed by atoms with Crippen LogP contribution < -0.4 is 5.32 Å². The van der Waals surface area contributed by atoms with Gasteiger partial charge in [-0.15, -0.1) is 0 Å². The molecule has 4 aliphatic rings. The third-order valence-corrected chi connectivity index (χ3v) is 9.35. The Morgan fingerprint density at radius 3 is 2.33 bits per heavy atom. The summed E-state index contributed by atoms with van der Waals surface area (Å²) in [5, 5.41) is 68.5. The van der Waals surface area contributed by atoms with E-state index in [0.29, 0.717) is 32.7 Å². The van der Waals surface area contributed by atoms with Crippen LogP contribution in [0, 0.1) is 11.8 Å². The number of amides is 1. The molecule has 228 valence electrons. The summed E-state index contributed by atoms with van der Waals surface area (Å²) >= 11 is 0. The first-order valence-corrected chi connectivity index (χ1v) is 14.0. The molecule has 1 saturated carbocycles. The average molecular weight is 587 g/mol. The molecular formula is C29H38N4O9. The van der Waals surface area contributed by atoms with E-state index in [9.17, 15) is 39.9 Å². The number of aromatic hydroxyl groups is 1. The number of carbonyl (C=O) groups is 3. The number of fused-ring (bicyclic) bond motifs is 3. The number of nitrogens with zero attached hydrogens (tertiary/aromatic N) is 3. The number of ketones is 2. The van der Waals surface area contributed by atoms with Crippen LogP contribution in [0.4, 0.5) is 0 Å². The maximum atomic E-state index is 14.1. The van der Waals surface area contributed by atoms with Crippen molar-refractivity contribution in [3.8, 4) is 5.75 Å². The minimum absolute atomic E-state index is 0.0442. The third-order valence-electron chi connectivity index (χ3n) is 9.35. The Balaban J connectivity index is 1.53. The van der Waals surface area contributed by atoms with Crippen molar-refractivity contribution in [1.82, 2.24) is 20.0 Å². The molecule has 42 heavy (non-hydrogen) atoms. The predicted molar refractivity (Wildman–Crippen MR) is 149 cm³/mol. The molecule has 13 heteroatoms. The summed E-state index contributed by atoms with van der Waals surface area (Å²) in [6.45, 7) is 4.58. The Kier molecular flexibility index (Phi) is 7.71. The molecular weight excluding hydrogens is 548 g/mol. The summed E-state index contributed by atoms with van der Waals surface area (Å²) in [7, 11) is 3.10. The molecule has 0 bridgehead atoms. The van der Waals surface area contributed by atoms with Crippen molar-refractivity contribution in [2.24, 2.45) is 11.8 Å². The van der Waals surface area contributed by atoms with Crippen LogP contribution in [0.25, 0.3) is 5.76 Å². The second-order valence-electron chi connectivity index (χ2n) is 11.9. The first-order valence-electron chi connectivity index (χ1n) is 14.0. The average Bonchev–Trinajstić information content (AvgIpc) is 2.93. The molecule has 1 aromatic carbocycles. The number of β-amino-alcohol motifs (C(OH)–C–C–N with tert-alkyl or cyclic N) is 1. The second kappa shape index (κ2) is 10.7. The summed E-state index contributed by atoms with van der Waals surface area (Å²) in [6, 6.07) is 3.06. The monoisotopic (exact) mass is 586 g/mol. The highest BCUT2D eigenvalue weighted by Gasteiger charge is 2.66. The van der Waals surface area contributed by atoms with Crippen molar-refractivity contribution in [2.75, 3.05) is 60.1 Å². The van der Waals surface area contributed by atoms with Crippen LogP contribution in [0.3, 0.4) is 0 Å². The molecule has 3 aliphatic carbocycles. The number of hydrogen-bond donors (Lipinski definition) is 7. The fourth-order valence-corrected chi connectivity index (χ4v) is 7.07. The van der Waals surface area contributed by atoms with Gasteiger partial charge in [0.1, 0.15) is 22.8 Å². The molecule has 0 radical (unpaired) electrons. The predicted octanol–water partition coefficient (Wildman–Crippen LogP) is -1.17. The molecule has 1 heterocycles. The molecule has 0 spiro atoms. The number of phenolic OH excluding ortho intramolecular Hbond substituents is 1. The van der Waals surface area contributed by atoms with Crippen LogP contribution >= 0.6 is 0 Å². The minimum atomic E-state index is -2.76. The van der Waals surface area contributed by atoms with Crippen molar-refractivity contribution >= 4 is 23.2 Å². The van der Waals surface area contributed by atoms with Crippen LogP contribution in [0.1, 0.15) is 24.5 Å². The van der Waals surface area contributed by atoms with Gasteiger partial charge < -0.3 is 36.0 Å². The van der Waals surface area contributed by atoms with E-state index in [0.717, 1.165) is 0 Å². The molecule has 2 fully saturated rings. The number of aliphatic hydroxyl groups excluding tert-OH is 3. The van der Waals surface area contributed by atoms with Crippen LogP contribution in [0.2, 0.25) is 0 Å². The van der Waals surface area contributed by atoms with E-state index >= 15 is 0 Å². The molecule has 5 atom stereocenters. The van der Waals surface area contributed by atoms with Gasteiger partial charge in [-0.25, -0.2) is 0 Å². The molecule has 1 saturated heterocycles. The SMILES string of the molecule is CN(C)[C@@H]1C(=O)C(C(=O)NCN2CCN(CCO)CC2)=C(O)[C@@]2(O)C(=O)C3=C(O)c4c(O)cccc4[C@@](C)(O)C3C[C@@H]12. The fraction of sp³-hybridized carbons (Fsp3) is 0.552. The van der Waals surface area contributed by atoms with Gasteiger partial charge in [-0.3, -0.25) is 29.1 Å². The van der Waals surface area contributed by atoms with Gasteiger partial charge in [0.05, 0.1) is 30.5 Å². The van der Waals surface area contributed by atoms with Gasteiger partial charge in [-0.1, -0.05) is 12.1 Å². The normalized spacial score (nSPS) is 32.1. The number of piperazine rings is 1. The van der Waals surface area contributed by atoms with Gasteiger partial charge in [0.25, 0.3) is 5.91 Å². The van der Waals surface area contributed by atoms with Gasteiger partial charge in [0.2, 0.25) is 5.78 Å².